The van der Waals surface area contributed by atoms with Gasteiger partial charge in [0.15, 0.2) is 6.61 Å². The zero-order valence-electron chi connectivity index (χ0n) is 15.8. The van der Waals surface area contributed by atoms with E-state index in [-0.39, 0.29) is 11.3 Å². The molecule has 1 heterocycles. The van der Waals surface area contributed by atoms with Crippen LogP contribution >= 0.6 is 0 Å². The molecule has 2 aromatic carbocycles. The molecule has 0 aromatic heterocycles. The van der Waals surface area contributed by atoms with Crippen molar-refractivity contribution in [2.24, 2.45) is 0 Å². The number of allylic oxidation sites excluding steroid dienone is 3. The first kappa shape index (κ1) is 20.6. The van der Waals surface area contributed by atoms with Crippen molar-refractivity contribution in [1.29, 1.82) is 0 Å². The van der Waals surface area contributed by atoms with E-state index in [1.54, 1.807) is 42.3 Å². The zero-order valence-corrected chi connectivity index (χ0v) is 15.8. The highest BCUT2D eigenvalue weighted by molar-refractivity contribution is 5.97. The molecule has 0 aliphatic carbocycles. The van der Waals surface area contributed by atoms with E-state index in [0.29, 0.717) is 11.3 Å². The Bertz CT molecular complexity index is 983. The molecule has 0 radical (unpaired) electrons. The first-order chi connectivity index (χ1) is 13.6. The second-order valence-corrected chi connectivity index (χ2v) is 6.63. The number of ether oxygens (including phenoxy) is 1. The minimum Gasteiger partial charge on any atom is -0.484 e. The summed E-state index contributed by atoms with van der Waals surface area (Å²) in [6, 6.07) is 10.5. The lowest BCUT2D eigenvalue weighted by Gasteiger charge is -2.32. The number of alkyl halides is 3. The summed E-state index contributed by atoms with van der Waals surface area (Å²) in [7, 11) is 1.63. The molecule has 0 saturated carbocycles. The average molecular weight is 407 g/mol. The minimum atomic E-state index is -4.61. The molecule has 0 amide bonds. The van der Waals surface area contributed by atoms with Gasteiger partial charge in [-0.15, -0.1) is 0 Å². The second-order valence-electron chi connectivity index (χ2n) is 6.63. The summed E-state index contributed by atoms with van der Waals surface area (Å²) in [5, 5.41) is 0. The molecule has 0 spiro atoms. The molecule has 7 heteroatoms. The molecule has 152 valence electrons. The van der Waals surface area contributed by atoms with Gasteiger partial charge in [0, 0.05) is 30.5 Å². The van der Waals surface area contributed by atoms with Crippen LogP contribution in [-0.4, -0.2) is 24.7 Å². The van der Waals surface area contributed by atoms with Gasteiger partial charge in [0.05, 0.1) is 11.3 Å². The lowest BCUT2D eigenvalue weighted by Crippen LogP contribution is -2.23. The number of hydrogen-bond donors (Lipinski definition) is 0. The standard InChI is InChI=1S/C22H18F5NO/c1-13-9-17(15-7-5-4-6-8-15)21(28(3)14(13)2)20-18(23)10-16(11-19(20)24)29-12-22(25,26)27/h4-11H,2,12H2,1,3H3. The first-order valence-electron chi connectivity index (χ1n) is 8.68. The molecule has 1 aliphatic heterocycles. The van der Waals surface area contributed by atoms with E-state index in [4.69, 9.17) is 0 Å². The maximum atomic E-state index is 14.9. The molecule has 0 N–H and O–H groups in total. The van der Waals surface area contributed by atoms with Crippen molar-refractivity contribution < 1.29 is 26.7 Å². The van der Waals surface area contributed by atoms with Crippen LogP contribution in [0.2, 0.25) is 0 Å². The third kappa shape index (κ3) is 4.34. The first-order valence-corrected chi connectivity index (χ1v) is 8.68. The fourth-order valence-corrected chi connectivity index (χ4v) is 3.11. The van der Waals surface area contributed by atoms with E-state index in [1.807, 2.05) is 13.0 Å². The lowest BCUT2D eigenvalue weighted by molar-refractivity contribution is -0.153. The summed E-state index contributed by atoms with van der Waals surface area (Å²) in [6.45, 7) is 4.14. The van der Waals surface area contributed by atoms with Gasteiger partial charge < -0.3 is 9.64 Å². The van der Waals surface area contributed by atoms with Crippen LogP contribution in [-0.2, 0) is 0 Å². The number of likely N-dealkylation sites (N-methyl/N-ethyl adjacent to an activating group) is 1. The molecule has 2 aromatic rings. The predicted molar refractivity (Wildman–Crippen MR) is 102 cm³/mol. The SMILES string of the molecule is C=C1C(C)=CC(c2ccccc2)=C(c2c(F)cc(OCC(F)(F)F)cc2F)N1C. The fourth-order valence-electron chi connectivity index (χ4n) is 3.11. The summed E-state index contributed by atoms with van der Waals surface area (Å²) in [5.74, 6) is -2.59. The van der Waals surface area contributed by atoms with Gasteiger partial charge in [0.2, 0.25) is 0 Å². The van der Waals surface area contributed by atoms with Gasteiger partial charge in [-0.3, -0.25) is 0 Å². The second kappa shape index (κ2) is 7.73. The van der Waals surface area contributed by atoms with Crippen molar-refractivity contribution in [2.45, 2.75) is 13.1 Å². The van der Waals surface area contributed by atoms with Crippen molar-refractivity contribution in [1.82, 2.24) is 4.90 Å². The molecule has 0 saturated heterocycles. The molecule has 1 aliphatic rings. The molecule has 0 unspecified atom stereocenters. The maximum absolute atomic E-state index is 14.9. The van der Waals surface area contributed by atoms with Gasteiger partial charge in [0.25, 0.3) is 0 Å². The maximum Gasteiger partial charge on any atom is 0.422 e. The summed E-state index contributed by atoms with van der Waals surface area (Å²) in [4.78, 5) is 1.56. The quantitative estimate of drug-likeness (QED) is 0.561. The van der Waals surface area contributed by atoms with Crippen molar-refractivity contribution >= 4 is 11.3 Å². The fraction of sp³-hybridized carbons (Fsp3) is 0.182. The third-order valence-electron chi connectivity index (χ3n) is 4.55. The van der Waals surface area contributed by atoms with Crippen LogP contribution in [0.25, 0.3) is 11.3 Å². The van der Waals surface area contributed by atoms with Crippen LogP contribution in [0.4, 0.5) is 22.0 Å². The van der Waals surface area contributed by atoms with E-state index in [0.717, 1.165) is 23.3 Å². The summed E-state index contributed by atoms with van der Waals surface area (Å²) in [5.41, 5.74) is 2.54. The van der Waals surface area contributed by atoms with E-state index < -0.39 is 30.2 Å². The van der Waals surface area contributed by atoms with Gasteiger partial charge in [-0.25, -0.2) is 8.78 Å². The van der Waals surface area contributed by atoms with Crippen molar-refractivity contribution in [3.8, 4) is 5.75 Å². The van der Waals surface area contributed by atoms with Crippen LogP contribution < -0.4 is 4.74 Å². The zero-order chi connectivity index (χ0) is 21.3. The Kier molecular flexibility index (Phi) is 5.50. The van der Waals surface area contributed by atoms with E-state index in [2.05, 4.69) is 11.3 Å². The van der Waals surface area contributed by atoms with Gasteiger partial charge in [0.1, 0.15) is 17.4 Å². The largest absolute Gasteiger partial charge is 0.484 e. The Balaban J connectivity index is 2.16. The molecule has 0 atom stereocenters. The van der Waals surface area contributed by atoms with Crippen molar-refractivity contribution in [2.75, 3.05) is 13.7 Å². The topological polar surface area (TPSA) is 12.5 Å². The third-order valence-corrected chi connectivity index (χ3v) is 4.55. The molecular formula is C22H18F5NO. The average Bonchev–Trinajstić information content (AvgIpc) is 2.65. The highest BCUT2D eigenvalue weighted by atomic mass is 19.4. The number of benzene rings is 2. The lowest BCUT2D eigenvalue weighted by atomic mass is 9.92. The Labute approximate surface area is 165 Å². The Morgan fingerprint density at radius 2 is 1.62 bits per heavy atom. The Morgan fingerprint density at radius 3 is 2.17 bits per heavy atom. The van der Waals surface area contributed by atoms with Gasteiger partial charge >= 0.3 is 6.18 Å². The van der Waals surface area contributed by atoms with Crippen LogP contribution in [0.3, 0.4) is 0 Å². The van der Waals surface area contributed by atoms with Gasteiger partial charge in [-0.05, 0) is 24.1 Å². The van der Waals surface area contributed by atoms with E-state index >= 15 is 0 Å². The monoisotopic (exact) mass is 407 g/mol. The molecule has 2 nitrogen and oxygen atoms in total. The highest BCUT2D eigenvalue weighted by Gasteiger charge is 2.30. The Morgan fingerprint density at radius 1 is 1.03 bits per heavy atom. The van der Waals surface area contributed by atoms with Gasteiger partial charge in [-0.2, -0.15) is 13.2 Å². The summed E-state index contributed by atoms with van der Waals surface area (Å²) >= 11 is 0. The van der Waals surface area contributed by atoms with Gasteiger partial charge in [-0.1, -0.05) is 36.9 Å². The Hall–Kier alpha value is -3.09. The number of hydrogen-bond acceptors (Lipinski definition) is 2. The van der Waals surface area contributed by atoms with Crippen LogP contribution in [0.5, 0.6) is 5.75 Å². The minimum absolute atomic E-state index is 0.226. The van der Waals surface area contributed by atoms with E-state index in [1.165, 1.54) is 0 Å². The molecule has 3 rings (SSSR count). The highest BCUT2D eigenvalue weighted by Crippen LogP contribution is 2.40. The van der Waals surface area contributed by atoms with Crippen molar-refractivity contribution in [3.63, 3.8) is 0 Å². The van der Waals surface area contributed by atoms with Crippen LogP contribution in [0, 0.1) is 11.6 Å². The normalized spacial score (nSPS) is 14.9. The smallest absolute Gasteiger partial charge is 0.422 e. The van der Waals surface area contributed by atoms with Crippen molar-refractivity contribution in [3.05, 3.63) is 89.2 Å². The number of halogens is 5. The molecule has 0 fully saturated rings. The molecule has 29 heavy (non-hydrogen) atoms. The van der Waals surface area contributed by atoms with Crippen LogP contribution in [0.15, 0.2) is 66.4 Å². The van der Waals surface area contributed by atoms with E-state index in [9.17, 15) is 22.0 Å². The predicted octanol–water partition coefficient (Wildman–Crippen LogP) is 6.18. The summed E-state index contributed by atoms with van der Waals surface area (Å²) < 4.78 is 71.3. The number of nitrogens with zero attached hydrogens (tertiary/aromatic N) is 1. The number of rotatable bonds is 4. The summed E-state index contributed by atoms with van der Waals surface area (Å²) in [6.07, 6.45) is -2.84. The molecular weight excluding hydrogens is 389 g/mol. The van der Waals surface area contributed by atoms with Crippen LogP contribution in [0.1, 0.15) is 18.1 Å². The molecule has 0 bridgehead atoms.